The van der Waals surface area contributed by atoms with E-state index in [1.165, 1.54) is 27.9 Å². The zero-order valence-electron chi connectivity index (χ0n) is 32.9. The van der Waals surface area contributed by atoms with Crippen LogP contribution in [0.4, 0.5) is 0 Å². The first-order valence-corrected chi connectivity index (χ1v) is 18.5. The number of methoxy groups -OCH3 is 1. The highest BCUT2D eigenvalue weighted by molar-refractivity contribution is 5.83. The molecule has 0 spiro atoms. The molecule has 3 fully saturated rings. The van der Waals surface area contributed by atoms with Crippen LogP contribution in [0, 0.1) is 23.7 Å². The average molecular weight is 734 g/mol. The molecule has 0 aromatic carbocycles. The van der Waals surface area contributed by atoms with Gasteiger partial charge in [-0.1, -0.05) is 27.7 Å². The second-order valence-electron chi connectivity index (χ2n) is 16.5. The molecule has 0 saturated carbocycles. The summed E-state index contributed by atoms with van der Waals surface area (Å²) in [6, 6.07) is -0.324. The molecule has 2 unspecified atom stereocenters. The van der Waals surface area contributed by atoms with Crippen molar-refractivity contribution in [3.63, 3.8) is 0 Å². The van der Waals surface area contributed by atoms with Crippen LogP contribution < -0.4 is 0 Å². The van der Waals surface area contributed by atoms with Crippen LogP contribution >= 0.6 is 0 Å². The second kappa shape index (κ2) is 17.0. The van der Waals surface area contributed by atoms with Crippen LogP contribution in [-0.4, -0.2) is 148 Å². The van der Waals surface area contributed by atoms with Gasteiger partial charge in [0, 0.05) is 37.3 Å². The van der Waals surface area contributed by atoms with Crippen molar-refractivity contribution in [1.29, 1.82) is 0 Å². The lowest BCUT2D eigenvalue weighted by atomic mass is 9.74. The molecule has 5 N–H and O–H groups in total. The van der Waals surface area contributed by atoms with E-state index in [2.05, 4.69) is 0 Å². The molecule has 14 heteroatoms. The Bertz CT molecular complexity index is 1170. The predicted octanol–water partition coefficient (Wildman–Crippen LogP) is 1.79. The molecule has 0 radical (unpaired) electrons. The van der Waals surface area contributed by atoms with Gasteiger partial charge in [0.2, 0.25) is 0 Å². The SMILES string of the molecule is CC[C@H]1OC(=O)[C@H](C)[C@@H](OC2C[C@@](C)(OC)[C@@H](O)[C@H](C)O2)[C@H](C)[C@@H](OC2O[C@H](C)C[C@H](N(C)C)[C@H]2O)[C@@](C)(O)C[C@@H](C)C(=O)[C@H](C)[C@@H](O)[C@]1(C)O. The molecule has 0 aromatic heterocycles. The third-order valence-corrected chi connectivity index (χ3v) is 11.8. The fraction of sp³-hybridized carbons (Fsp3) is 0.946. The molecule has 0 amide bonds. The maximum Gasteiger partial charge on any atom is 0.311 e. The third kappa shape index (κ3) is 9.51. The highest BCUT2D eigenvalue weighted by Crippen LogP contribution is 2.40. The zero-order valence-corrected chi connectivity index (χ0v) is 32.9. The molecule has 3 aliphatic rings. The number of aliphatic hydroxyl groups excluding tert-OH is 3. The minimum atomic E-state index is -1.99. The molecule has 14 nitrogen and oxygen atoms in total. The van der Waals surface area contributed by atoms with Gasteiger partial charge in [0.05, 0.1) is 47.6 Å². The van der Waals surface area contributed by atoms with Gasteiger partial charge in [-0.3, -0.25) is 9.59 Å². The molecule has 3 rings (SSSR count). The predicted molar refractivity (Wildman–Crippen MR) is 186 cm³/mol. The van der Waals surface area contributed by atoms with E-state index in [-0.39, 0.29) is 31.4 Å². The van der Waals surface area contributed by atoms with Crippen LogP contribution in [0.2, 0.25) is 0 Å². The van der Waals surface area contributed by atoms with E-state index < -0.39 is 108 Å². The summed E-state index contributed by atoms with van der Waals surface area (Å²) in [5.41, 5.74) is -4.84. The lowest BCUT2D eigenvalue weighted by Gasteiger charge is -2.49. The van der Waals surface area contributed by atoms with Crippen molar-refractivity contribution in [2.75, 3.05) is 21.2 Å². The lowest BCUT2D eigenvalue weighted by molar-refractivity contribution is -0.318. The first kappa shape index (κ1) is 44.1. The number of ketones is 1. The lowest BCUT2D eigenvalue weighted by Crippen LogP contribution is -2.61. The quantitative estimate of drug-likeness (QED) is 0.238. The number of likely N-dealkylation sites (N-methyl/N-ethyl adjacent to an activating group) is 1. The van der Waals surface area contributed by atoms with E-state index in [9.17, 15) is 35.1 Å². The number of esters is 1. The van der Waals surface area contributed by atoms with Crippen LogP contribution in [0.25, 0.3) is 0 Å². The number of cyclic esters (lactones) is 1. The van der Waals surface area contributed by atoms with Gasteiger partial charge in [-0.25, -0.2) is 0 Å². The molecular formula is C37H67NO13. The molecule has 0 aromatic rings. The Morgan fingerprint density at radius 1 is 0.882 bits per heavy atom. The monoisotopic (exact) mass is 733 g/mol. The third-order valence-electron chi connectivity index (χ3n) is 11.8. The number of hydrogen-bond donors (Lipinski definition) is 5. The van der Waals surface area contributed by atoms with Crippen LogP contribution in [0.3, 0.4) is 0 Å². The second-order valence-corrected chi connectivity index (χ2v) is 16.5. The van der Waals surface area contributed by atoms with Gasteiger partial charge in [0.25, 0.3) is 0 Å². The van der Waals surface area contributed by atoms with Gasteiger partial charge < -0.3 is 58.9 Å². The van der Waals surface area contributed by atoms with E-state index in [1.807, 2.05) is 25.9 Å². The van der Waals surface area contributed by atoms with E-state index in [0.29, 0.717) is 6.42 Å². The van der Waals surface area contributed by atoms with Gasteiger partial charge in [-0.05, 0) is 74.9 Å². The van der Waals surface area contributed by atoms with Crippen molar-refractivity contribution in [3.8, 4) is 0 Å². The summed E-state index contributed by atoms with van der Waals surface area (Å²) in [6.07, 6.45) is -9.71. The molecule has 0 aliphatic carbocycles. The zero-order chi connectivity index (χ0) is 39.0. The molecule has 51 heavy (non-hydrogen) atoms. The average Bonchev–Trinajstić information content (AvgIpc) is 3.05. The molecule has 3 heterocycles. The van der Waals surface area contributed by atoms with Crippen molar-refractivity contribution < 1.29 is 63.5 Å². The van der Waals surface area contributed by atoms with E-state index in [1.54, 1.807) is 41.5 Å². The Kier molecular flexibility index (Phi) is 14.7. The summed E-state index contributed by atoms with van der Waals surface area (Å²) in [6.45, 7) is 16.3. The van der Waals surface area contributed by atoms with Crippen LogP contribution in [-0.2, 0) is 38.0 Å². The Hall–Kier alpha value is -1.30. The summed E-state index contributed by atoms with van der Waals surface area (Å²) in [4.78, 5) is 29.8. The van der Waals surface area contributed by atoms with Crippen LogP contribution in [0.1, 0.15) is 94.9 Å². The highest BCUT2D eigenvalue weighted by Gasteiger charge is 2.53. The topological polar surface area (TPSA) is 194 Å². The molecule has 3 saturated heterocycles. The molecular weight excluding hydrogens is 666 g/mol. The number of carbonyl (C=O) groups is 2. The van der Waals surface area contributed by atoms with E-state index >= 15 is 0 Å². The minimum Gasteiger partial charge on any atom is -0.459 e. The number of Topliss-reactive ketones (excluding diaryl/α,β-unsaturated/α-hetero) is 1. The van der Waals surface area contributed by atoms with E-state index in [4.69, 9.17) is 28.4 Å². The van der Waals surface area contributed by atoms with Gasteiger partial charge in [0.15, 0.2) is 12.6 Å². The molecule has 0 bridgehead atoms. The van der Waals surface area contributed by atoms with Gasteiger partial charge >= 0.3 is 5.97 Å². The summed E-state index contributed by atoms with van der Waals surface area (Å²) in [5, 5.41) is 57.6. The van der Waals surface area contributed by atoms with Crippen molar-refractivity contribution in [3.05, 3.63) is 0 Å². The maximum absolute atomic E-state index is 14.1. The first-order chi connectivity index (χ1) is 23.4. The Morgan fingerprint density at radius 3 is 2.04 bits per heavy atom. The standard InChI is InChI=1S/C37H67NO13/c1-14-25-37(10,45)30(41)20(4)27(39)18(2)16-35(8,44)32(51-34-28(40)24(38(11)12)15-19(3)47-34)21(5)29(22(6)33(43)49-25)50-26-17-36(9,46-13)31(42)23(7)48-26/h18-26,28-32,34,40-42,44-45H,14-17H2,1-13H3/t18-,19-,20+,21+,22-,23+,24+,25-,26?,28-,29+,30-,31+,32-,34?,35+,36-,37-/m1/s1. The summed E-state index contributed by atoms with van der Waals surface area (Å²) < 4.78 is 37.1. The number of hydrogen-bond acceptors (Lipinski definition) is 14. The van der Waals surface area contributed by atoms with Gasteiger partial charge in [-0.2, -0.15) is 0 Å². The van der Waals surface area contributed by atoms with Crippen molar-refractivity contribution >= 4 is 11.8 Å². The Morgan fingerprint density at radius 2 is 1.49 bits per heavy atom. The van der Waals surface area contributed by atoms with Crippen molar-refractivity contribution in [2.24, 2.45) is 23.7 Å². The fourth-order valence-electron chi connectivity index (χ4n) is 8.41. The van der Waals surface area contributed by atoms with Crippen LogP contribution in [0.15, 0.2) is 0 Å². The first-order valence-electron chi connectivity index (χ1n) is 18.5. The Balaban J connectivity index is 2.18. The van der Waals surface area contributed by atoms with Gasteiger partial charge in [-0.15, -0.1) is 0 Å². The fourth-order valence-corrected chi connectivity index (χ4v) is 8.41. The normalized spacial score (nSPS) is 49.7. The molecule has 298 valence electrons. The van der Waals surface area contributed by atoms with E-state index in [0.717, 1.165) is 0 Å². The summed E-state index contributed by atoms with van der Waals surface area (Å²) in [5.74, 6) is -4.98. The van der Waals surface area contributed by atoms with Crippen LogP contribution in [0.5, 0.6) is 0 Å². The molecule has 3 aliphatic heterocycles. The largest absolute Gasteiger partial charge is 0.459 e. The smallest absolute Gasteiger partial charge is 0.311 e. The highest BCUT2D eigenvalue weighted by atomic mass is 16.7. The number of carbonyl (C=O) groups excluding carboxylic acids is 2. The Labute approximate surface area is 304 Å². The minimum absolute atomic E-state index is 0.0936. The maximum atomic E-state index is 14.1. The number of nitrogens with zero attached hydrogens (tertiary/aromatic N) is 1. The van der Waals surface area contributed by atoms with Crippen molar-refractivity contribution in [1.82, 2.24) is 4.90 Å². The summed E-state index contributed by atoms with van der Waals surface area (Å²) >= 11 is 0. The number of ether oxygens (including phenoxy) is 6. The molecule has 18 atom stereocenters. The van der Waals surface area contributed by atoms with Gasteiger partial charge in [0.1, 0.15) is 29.7 Å². The van der Waals surface area contributed by atoms with Crippen molar-refractivity contribution in [2.45, 2.75) is 179 Å². The number of aliphatic hydroxyl groups is 5. The summed E-state index contributed by atoms with van der Waals surface area (Å²) in [7, 11) is 5.18. The number of rotatable bonds is 7.